The van der Waals surface area contributed by atoms with E-state index in [4.69, 9.17) is 21.1 Å². The monoisotopic (exact) mass is 399 g/mol. The highest BCUT2D eigenvalue weighted by Gasteiger charge is 2.09. The minimum atomic E-state index is 0.370. The summed E-state index contributed by atoms with van der Waals surface area (Å²) >= 11 is 6.15. The average molecular weight is 400 g/mol. The zero-order valence-corrected chi connectivity index (χ0v) is 16.7. The number of benzene rings is 2. The van der Waals surface area contributed by atoms with E-state index in [0.717, 1.165) is 23.4 Å². The van der Waals surface area contributed by atoms with Crippen molar-refractivity contribution in [3.8, 4) is 11.5 Å². The summed E-state index contributed by atoms with van der Waals surface area (Å²) in [6, 6.07) is 11.6. The second-order valence-electron chi connectivity index (χ2n) is 6.12. The highest BCUT2D eigenvalue weighted by atomic mass is 35.5. The van der Waals surface area contributed by atoms with Crippen molar-refractivity contribution in [2.75, 3.05) is 31.4 Å². The molecule has 7 nitrogen and oxygen atoms in total. The maximum Gasteiger partial charge on any atom is 0.249 e. The highest BCUT2D eigenvalue weighted by Crippen LogP contribution is 2.32. The summed E-state index contributed by atoms with van der Waals surface area (Å²) in [6.45, 7) is 2.64. The number of nitrogens with one attached hydrogen (secondary N) is 2. The number of hydrogen-bond acceptors (Lipinski definition) is 7. The van der Waals surface area contributed by atoms with Crippen LogP contribution in [-0.4, -0.2) is 35.9 Å². The first kappa shape index (κ1) is 19.7. The lowest BCUT2D eigenvalue weighted by atomic mass is 10.1. The summed E-state index contributed by atoms with van der Waals surface area (Å²) in [7, 11) is 3.24. The molecule has 2 N–H and O–H groups in total. The SMILES string of the molecule is COc1ccc(CCNc2cnnc(Nc3cc(C)c(Cl)cc3OC)n2)cc1. The van der Waals surface area contributed by atoms with Crippen LogP contribution in [0.1, 0.15) is 11.1 Å². The molecule has 0 aliphatic heterocycles. The zero-order valence-electron chi connectivity index (χ0n) is 16.0. The molecule has 3 aromatic rings. The van der Waals surface area contributed by atoms with E-state index in [0.29, 0.717) is 29.1 Å². The van der Waals surface area contributed by atoms with Gasteiger partial charge in [-0.05, 0) is 42.7 Å². The van der Waals surface area contributed by atoms with E-state index in [1.54, 1.807) is 26.5 Å². The molecule has 1 heterocycles. The van der Waals surface area contributed by atoms with Crippen LogP contribution in [0, 0.1) is 6.92 Å². The Labute approximate surface area is 169 Å². The molecule has 0 aliphatic rings. The van der Waals surface area contributed by atoms with Gasteiger partial charge < -0.3 is 20.1 Å². The van der Waals surface area contributed by atoms with Crippen molar-refractivity contribution >= 4 is 29.1 Å². The van der Waals surface area contributed by atoms with Gasteiger partial charge in [-0.3, -0.25) is 0 Å². The second kappa shape index (κ2) is 9.23. The Morgan fingerprint density at radius 2 is 1.86 bits per heavy atom. The van der Waals surface area contributed by atoms with E-state index < -0.39 is 0 Å². The van der Waals surface area contributed by atoms with Gasteiger partial charge in [0.05, 0.1) is 26.1 Å². The second-order valence-corrected chi connectivity index (χ2v) is 6.52. The standard InChI is InChI=1S/C20H22ClN5O2/c1-13-10-17(18(28-3)11-16(13)21)24-20-25-19(12-23-26-20)22-9-8-14-4-6-15(27-2)7-5-14/h4-7,10-12H,8-9H2,1-3H3,(H2,22,24,25,26). The summed E-state index contributed by atoms with van der Waals surface area (Å²) in [4.78, 5) is 4.45. The number of hydrogen-bond donors (Lipinski definition) is 2. The third-order valence-electron chi connectivity index (χ3n) is 4.16. The molecule has 2 aromatic carbocycles. The lowest BCUT2D eigenvalue weighted by Gasteiger charge is -2.12. The predicted octanol–water partition coefficient (Wildman–Crippen LogP) is 4.25. The van der Waals surface area contributed by atoms with Crippen molar-refractivity contribution in [1.29, 1.82) is 0 Å². The van der Waals surface area contributed by atoms with Gasteiger partial charge >= 0.3 is 0 Å². The van der Waals surface area contributed by atoms with E-state index in [1.807, 2.05) is 37.3 Å². The summed E-state index contributed by atoms with van der Waals surface area (Å²) < 4.78 is 10.5. The van der Waals surface area contributed by atoms with Gasteiger partial charge in [-0.1, -0.05) is 23.7 Å². The number of aryl methyl sites for hydroxylation is 1. The zero-order chi connectivity index (χ0) is 19.9. The summed E-state index contributed by atoms with van der Waals surface area (Å²) in [5.41, 5.74) is 2.85. The quantitative estimate of drug-likeness (QED) is 0.586. The fraction of sp³-hybridized carbons (Fsp3) is 0.250. The highest BCUT2D eigenvalue weighted by molar-refractivity contribution is 6.31. The van der Waals surface area contributed by atoms with Crippen molar-refractivity contribution in [1.82, 2.24) is 15.2 Å². The minimum Gasteiger partial charge on any atom is -0.497 e. The Morgan fingerprint density at radius 1 is 1.07 bits per heavy atom. The fourth-order valence-corrected chi connectivity index (χ4v) is 2.77. The van der Waals surface area contributed by atoms with Crippen molar-refractivity contribution < 1.29 is 9.47 Å². The Bertz CT molecular complexity index is 934. The van der Waals surface area contributed by atoms with Crippen LogP contribution in [0.2, 0.25) is 5.02 Å². The Balaban J connectivity index is 1.63. The molecule has 0 bridgehead atoms. The molecule has 0 radical (unpaired) electrons. The van der Waals surface area contributed by atoms with Gasteiger partial charge in [0, 0.05) is 17.6 Å². The third kappa shape index (κ3) is 5.01. The molecule has 0 saturated heterocycles. The van der Waals surface area contributed by atoms with Crippen LogP contribution >= 0.6 is 11.6 Å². The van der Waals surface area contributed by atoms with Gasteiger partial charge in [0.25, 0.3) is 0 Å². The average Bonchev–Trinajstić information content (AvgIpc) is 2.71. The molecule has 8 heteroatoms. The van der Waals surface area contributed by atoms with Crippen LogP contribution in [0.4, 0.5) is 17.5 Å². The first-order chi connectivity index (χ1) is 13.6. The number of methoxy groups -OCH3 is 2. The van der Waals surface area contributed by atoms with Crippen molar-refractivity contribution in [2.45, 2.75) is 13.3 Å². The maximum absolute atomic E-state index is 6.15. The predicted molar refractivity (Wildman–Crippen MR) is 111 cm³/mol. The molecule has 0 aliphatic carbocycles. The molecule has 0 amide bonds. The maximum atomic E-state index is 6.15. The van der Waals surface area contributed by atoms with Crippen molar-refractivity contribution in [3.05, 3.63) is 58.7 Å². The summed E-state index contributed by atoms with van der Waals surface area (Å²) in [6.07, 6.45) is 2.44. The topological polar surface area (TPSA) is 81.2 Å². The number of anilines is 3. The molecule has 0 saturated carbocycles. The molecule has 0 atom stereocenters. The molecule has 0 unspecified atom stereocenters. The first-order valence-corrected chi connectivity index (χ1v) is 9.14. The third-order valence-corrected chi connectivity index (χ3v) is 4.57. The van der Waals surface area contributed by atoms with Crippen LogP contribution in [0.5, 0.6) is 11.5 Å². The number of rotatable bonds is 8. The molecular formula is C20H22ClN5O2. The van der Waals surface area contributed by atoms with E-state index in [-0.39, 0.29) is 0 Å². The molecule has 146 valence electrons. The van der Waals surface area contributed by atoms with Gasteiger partial charge in [-0.25, -0.2) is 0 Å². The number of ether oxygens (including phenoxy) is 2. The smallest absolute Gasteiger partial charge is 0.249 e. The number of nitrogens with zero attached hydrogens (tertiary/aromatic N) is 3. The number of aromatic nitrogens is 3. The van der Waals surface area contributed by atoms with Crippen LogP contribution in [0.25, 0.3) is 0 Å². The molecule has 0 spiro atoms. The van der Waals surface area contributed by atoms with Crippen LogP contribution in [0.3, 0.4) is 0 Å². The lowest BCUT2D eigenvalue weighted by molar-refractivity contribution is 0.414. The van der Waals surface area contributed by atoms with E-state index >= 15 is 0 Å². The molecular weight excluding hydrogens is 378 g/mol. The number of halogens is 1. The van der Waals surface area contributed by atoms with Crippen LogP contribution in [0.15, 0.2) is 42.6 Å². The Hall–Kier alpha value is -3.06. The first-order valence-electron chi connectivity index (χ1n) is 8.76. The van der Waals surface area contributed by atoms with Gasteiger partial charge in [-0.15, -0.1) is 5.10 Å². The molecule has 28 heavy (non-hydrogen) atoms. The Kier molecular flexibility index (Phi) is 6.49. The van der Waals surface area contributed by atoms with Crippen molar-refractivity contribution in [2.24, 2.45) is 0 Å². The fourth-order valence-electron chi connectivity index (χ4n) is 2.62. The van der Waals surface area contributed by atoms with Crippen LogP contribution in [-0.2, 0) is 6.42 Å². The van der Waals surface area contributed by atoms with Crippen LogP contribution < -0.4 is 20.1 Å². The van der Waals surface area contributed by atoms with Crippen molar-refractivity contribution in [3.63, 3.8) is 0 Å². The summed E-state index contributed by atoms with van der Waals surface area (Å²) in [5.74, 6) is 2.46. The summed E-state index contributed by atoms with van der Waals surface area (Å²) in [5, 5.41) is 15.1. The molecule has 1 aromatic heterocycles. The van der Waals surface area contributed by atoms with E-state index in [2.05, 4.69) is 25.8 Å². The largest absolute Gasteiger partial charge is 0.497 e. The minimum absolute atomic E-state index is 0.370. The molecule has 3 rings (SSSR count). The lowest BCUT2D eigenvalue weighted by Crippen LogP contribution is -2.09. The van der Waals surface area contributed by atoms with Gasteiger partial charge in [-0.2, -0.15) is 10.1 Å². The normalized spacial score (nSPS) is 10.4. The molecule has 0 fully saturated rings. The van der Waals surface area contributed by atoms with E-state index in [1.165, 1.54) is 5.56 Å². The van der Waals surface area contributed by atoms with Gasteiger partial charge in [0.2, 0.25) is 5.95 Å². The van der Waals surface area contributed by atoms with Gasteiger partial charge in [0.15, 0.2) is 5.82 Å². The van der Waals surface area contributed by atoms with E-state index in [9.17, 15) is 0 Å². The Morgan fingerprint density at radius 3 is 2.57 bits per heavy atom. The van der Waals surface area contributed by atoms with Gasteiger partial charge in [0.1, 0.15) is 11.5 Å².